The van der Waals surface area contributed by atoms with Gasteiger partial charge in [-0.2, -0.15) is 0 Å². The lowest BCUT2D eigenvalue weighted by Gasteiger charge is -2.03. The Morgan fingerprint density at radius 3 is 2.64 bits per heavy atom. The summed E-state index contributed by atoms with van der Waals surface area (Å²) in [6.45, 7) is 0. The van der Waals surface area contributed by atoms with E-state index in [1.54, 1.807) is 12.4 Å². The molecule has 1 aromatic heterocycles. The second-order valence-corrected chi connectivity index (χ2v) is 4.19. The molecule has 0 aliphatic rings. The molecule has 70 valence electrons. The zero-order valence-corrected chi connectivity index (χ0v) is 9.59. The van der Waals surface area contributed by atoms with Crippen LogP contribution in [0.2, 0.25) is 5.02 Å². The molecule has 0 N–H and O–H groups in total. The topological polar surface area (TPSA) is 12.9 Å². The fourth-order valence-electron chi connectivity index (χ4n) is 1.25. The highest BCUT2D eigenvalue weighted by Crippen LogP contribution is 2.28. The molecule has 0 amide bonds. The number of aromatic nitrogens is 1. The van der Waals surface area contributed by atoms with Crippen molar-refractivity contribution >= 4 is 27.5 Å². The monoisotopic (exact) mass is 267 g/mol. The molecule has 0 spiro atoms. The maximum absolute atomic E-state index is 6.07. The van der Waals surface area contributed by atoms with Gasteiger partial charge in [0.05, 0.1) is 0 Å². The van der Waals surface area contributed by atoms with Crippen molar-refractivity contribution in [3.05, 3.63) is 52.2 Å². The van der Waals surface area contributed by atoms with Crippen molar-refractivity contribution in [2.45, 2.75) is 0 Å². The maximum Gasteiger partial charge on any atom is 0.0484 e. The smallest absolute Gasteiger partial charge is 0.0484 e. The van der Waals surface area contributed by atoms with Gasteiger partial charge in [-0.25, -0.2) is 0 Å². The van der Waals surface area contributed by atoms with Crippen molar-refractivity contribution in [2.24, 2.45) is 0 Å². The van der Waals surface area contributed by atoms with Crippen molar-refractivity contribution in [3.8, 4) is 11.1 Å². The first-order chi connectivity index (χ1) is 6.77. The average molecular weight is 269 g/mol. The van der Waals surface area contributed by atoms with Crippen molar-refractivity contribution in [1.29, 1.82) is 0 Å². The van der Waals surface area contributed by atoms with Crippen molar-refractivity contribution in [2.75, 3.05) is 0 Å². The third-order valence-corrected chi connectivity index (χ3v) is 2.65. The molecule has 2 aromatic rings. The Bertz CT molecular complexity index is 457. The molecule has 0 unspecified atom stereocenters. The van der Waals surface area contributed by atoms with Gasteiger partial charge < -0.3 is 0 Å². The van der Waals surface area contributed by atoms with Crippen LogP contribution in [0.3, 0.4) is 0 Å². The quantitative estimate of drug-likeness (QED) is 0.756. The summed E-state index contributed by atoms with van der Waals surface area (Å²) in [6.07, 6.45) is 3.55. The zero-order valence-electron chi connectivity index (χ0n) is 7.24. The lowest BCUT2D eigenvalue weighted by atomic mass is 10.1. The molecule has 0 radical (unpaired) electrons. The van der Waals surface area contributed by atoms with Gasteiger partial charge in [-0.15, -0.1) is 0 Å². The highest BCUT2D eigenvalue weighted by atomic mass is 79.9. The summed E-state index contributed by atoms with van der Waals surface area (Å²) in [6, 6.07) is 9.72. The summed E-state index contributed by atoms with van der Waals surface area (Å²) >= 11 is 9.45. The van der Waals surface area contributed by atoms with Crippen LogP contribution in [0.1, 0.15) is 0 Å². The summed E-state index contributed by atoms with van der Waals surface area (Å²) < 4.78 is 0.954. The fraction of sp³-hybridized carbons (Fsp3) is 0. The number of nitrogens with zero attached hydrogens (tertiary/aromatic N) is 1. The molecule has 1 nitrogen and oxygen atoms in total. The van der Waals surface area contributed by atoms with E-state index in [0.29, 0.717) is 0 Å². The second-order valence-electron chi connectivity index (χ2n) is 2.87. The van der Waals surface area contributed by atoms with E-state index in [9.17, 15) is 0 Å². The van der Waals surface area contributed by atoms with Crippen LogP contribution in [0, 0.1) is 0 Å². The van der Waals surface area contributed by atoms with Crippen molar-refractivity contribution in [3.63, 3.8) is 0 Å². The van der Waals surface area contributed by atoms with Crippen LogP contribution in [0.4, 0.5) is 0 Å². The van der Waals surface area contributed by atoms with Gasteiger partial charge in [-0.05, 0) is 28.1 Å². The Morgan fingerprint density at radius 1 is 1.14 bits per heavy atom. The minimum absolute atomic E-state index is 0.743. The molecule has 1 aromatic carbocycles. The van der Waals surface area contributed by atoms with Crippen LogP contribution in [0.25, 0.3) is 11.1 Å². The van der Waals surface area contributed by atoms with Crippen molar-refractivity contribution in [1.82, 2.24) is 4.98 Å². The third-order valence-electron chi connectivity index (χ3n) is 1.89. The summed E-state index contributed by atoms with van der Waals surface area (Å²) in [5.74, 6) is 0. The van der Waals surface area contributed by atoms with Crippen molar-refractivity contribution < 1.29 is 0 Å². The van der Waals surface area contributed by atoms with Gasteiger partial charge in [0, 0.05) is 33.0 Å². The molecule has 14 heavy (non-hydrogen) atoms. The van der Waals surface area contributed by atoms with Gasteiger partial charge in [0.25, 0.3) is 0 Å². The molecular weight excluding hydrogens is 261 g/mol. The first-order valence-corrected chi connectivity index (χ1v) is 5.30. The summed E-state index contributed by atoms with van der Waals surface area (Å²) in [5, 5.41) is 0.743. The SMILES string of the molecule is Clc1ccccc1-c1cncc(Br)c1. The minimum Gasteiger partial charge on any atom is -0.263 e. The molecule has 0 aliphatic heterocycles. The first-order valence-electron chi connectivity index (χ1n) is 4.13. The van der Waals surface area contributed by atoms with Crippen LogP contribution >= 0.6 is 27.5 Å². The fourth-order valence-corrected chi connectivity index (χ4v) is 1.86. The second kappa shape index (κ2) is 4.11. The van der Waals surface area contributed by atoms with E-state index in [1.807, 2.05) is 30.3 Å². The standard InChI is InChI=1S/C11H7BrClN/c12-9-5-8(6-14-7-9)10-3-1-2-4-11(10)13/h1-7H. The molecule has 0 bridgehead atoms. The first kappa shape index (κ1) is 9.69. The van der Waals surface area contributed by atoms with E-state index in [4.69, 9.17) is 11.6 Å². The summed E-state index contributed by atoms with van der Waals surface area (Å²) in [4.78, 5) is 4.10. The Morgan fingerprint density at radius 2 is 1.93 bits per heavy atom. The van der Waals surface area contributed by atoms with E-state index in [2.05, 4.69) is 20.9 Å². The van der Waals surface area contributed by atoms with Gasteiger partial charge >= 0.3 is 0 Å². The summed E-state index contributed by atoms with van der Waals surface area (Å²) in [5.41, 5.74) is 2.02. The molecule has 0 saturated heterocycles. The van der Waals surface area contributed by atoms with Crippen LogP contribution < -0.4 is 0 Å². The van der Waals surface area contributed by atoms with E-state index < -0.39 is 0 Å². The highest BCUT2D eigenvalue weighted by Gasteiger charge is 2.02. The van der Waals surface area contributed by atoms with Crippen LogP contribution in [-0.2, 0) is 0 Å². The van der Waals surface area contributed by atoms with E-state index in [-0.39, 0.29) is 0 Å². The molecule has 0 saturated carbocycles. The highest BCUT2D eigenvalue weighted by molar-refractivity contribution is 9.10. The molecule has 2 rings (SSSR count). The minimum atomic E-state index is 0.743. The number of hydrogen-bond donors (Lipinski definition) is 0. The Balaban J connectivity index is 2.55. The van der Waals surface area contributed by atoms with Crippen LogP contribution in [0.15, 0.2) is 47.2 Å². The molecule has 0 atom stereocenters. The molecule has 0 fully saturated rings. The number of pyridine rings is 1. The maximum atomic E-state index is 6.07. The molecule has 0 aliphatic carbocycles. The normalized spacial score (nSPS) is 10.1. The number of halogens is 2. The number of hydrogen-bond acceptors (Lipinski definition) is 1. The molecular formula is C11H7BrClN. The lowest BCUT2D eigenvalue weighted by Crippen LogP contribution is -1.81. The van der Waals surface area contributed by atoms with Crippen LogP contribution in [-0.4, -0.2) is 4.98 Å². The van der Waals surface area contributed by atoms with E-state index >= 15 is 0 Å². The van der Waals surface area contributed by atoms with Gasteiger partial charge in [0.1, 0.15) is 0 Å². The number of rotatable bonds is 1. The predicted octanol–water partition coefficient (Wildman–Crippen LogP) is 4.16. The van der Waals surface area contributed by atoms with Crippen LogP contribution in [0.5, 0.6) is 0 Å². The van der Waals surface area contributed by atoms with Gasteiger partial charge in [0.2, 0.25) is 0 Å². The Labute approximate surface area is 95.9 Å². The van der Waals surface area contributed by atoms with Gasteiger partial charge in [-0.1, -0.05) is 29.8 Å². The zero-order chi connectivity index (χ0) is 9.97. The molecule has 1 heterocycles. The average Bonchev–Trinajstić information content (AvgIpc) is 2.18. The molecule has 3 heteroatoms. The lowest BCUT2D eigenvalue weighted by molar-refractivity contribution is 1.31. The van der Waals surface area contributed by atoms with E-state index in [0.717, 1.165) is 20.6 Å². The van der Waals surface area contributed by atoms with E-state index in [1.165, 1.54) is 0 Å². The predicted molar refractivity (Wildman–Crippen MR) is 62.4 cm³/mol. The Kier molecular flexibility index (Phi) is 2.85. The third kappa shape index (κ3) is 1.97. The summed E-state index contributed by atoms with van der Waals surface area (Å²) in [7, 11) is 0. The Hall–Kier alpha value is -0.860. The van der Waals surface area contributed by atoms with Gasteiger partial charge in [0.15, 0.2) is 0 Å². The largest absolute Gasteiger partial charge is 0.263 e. The number of benzene rings is 1. The van der Waals surface area contributed by atoms with Gasteiger partial charge in [-0.3, -0.25) is 4.98 Å².